The normalized spacial score (nSPS) is 16.5. The van der Waals surface area contributed by atoms with Crippen LogP contribution in [0.1, 0.15) is 18.4 Å². The van der Waals surface area contributed by atoms with Crippen molar-refractivity contribution in [2.24, 2.45) is 0 Å². The van der Waals surface area contributed by atoms with Crippen molar-refractivity contribution in [3.63, 3.8) is 0 Å². The van der Waals surface area contributed by atoms with Gasteiger partial charge in [0.2, 0.25) is 0 Å². The number of hydrogen-bond acceptors (Lipinski definition) is 1. The Bertz CT molecular complexity index is 500. The molecule has 1 saturated carbocycles. The molecule has 0 radical (unpaired) electrons. The third-order valence-electron chi connectivity index (χ3n) is 3.30. The molecule has 1 N–H and O–H groups in total. The number of anilines is 1. The number of benzene rings is 2. The Balaban J connectivity index is 1.83. The highest BCUT2D eigenvalue weighted by atomic mass is 35.5. The van der Waals surface area contributed by atoms with Crippen molar-refractivity contribution in [1.82, 2.24) is 0 Å². The van der Waals surface area contributed by atoms with Gasteiger partial charge in [0.1, 0.15) is 0 Å². The second-order valence-electron chi connectivity index (χ2n) is 4.58. The van der Waals surface area contributed by atoms with Crippen LogP contribution in [0, 0.1) is 0 Å². The summed E-state index contributed by atoms with van der Waals surface area (Å²) in [5, 5.41) is 4.39. The summed E-state index contributed by atoms with van der Waals surface area (Å²) in [4.78, 5) is 0. The number of hydrogen-bond donors (Lipinski definition) is 1. The van der Waals surface area contributed by atoms with Crippen molar-refractivity contribution in [2.75, 3.05) is 5.32 Å². The van der Waals surface area contributed by atoms with Gasteiger partial charge in [0.15, 0.2) is 0 Å². The van der Waals surface area contributed by atoms with Gasteiger partial charge in [0.05, 0.1) is 5.54 Å². The lowest BCUT2D eigenvalue weighted by molar-refractivity contribution is 0.808. The molecule has 0 unspecified atom stereocenters. The molecule has 1 aliphatic rings. The van der Waals surface area contributed by atoms with Gasteiger partial charge in [0, 0.05) is 10.7 Å². The Hall–Kier alpha value is -1.47. The molecule has 1 fully saturated rings. The van der Waals surface area contributed by atoms with E-state index in [1.165, 1.54) is 18.4 Å². The second kappa shape index (κ2) is 4.08. The zero-order valence-electron chi connectivity index (χ0n) is 9.49. The Morgan fingerprint density at radius 3 is 2.12 bits per heavy atom. The zero-order chi connectivity index (χ0) is 11.7. The van der Waals surface area contributed by atoms with E-state index in [1.54, 1.807) is 0 Å². The van der Waals surface area contributed by atoms with Crippen molar-refractivity contribution in [3.05, 3.63) is 65.2 Å². The minimum absolute atomic E-state index is 0.148. The van der Waals surface area contributed by atoms with Gasteiger partial charge in [-0.1, -0.05) is 41.9 Å². The predicted molar refractivity (Wildman–Crippen MR) is 72.4 cm³/mol. The summed E-state index contributed by atoms with van der Waals surface area (Å²) in [6, 6.07) is 18.5. The first-order valence-corrected chi connectivity index (χ1v) is 6.26. The Morgan fingerprint density at radius 1 is 0.882 bits per heavy atom. The van der Waals surface area contributed by atoms with Crippen LogP contribution in [0.4, 0.5) is 5.69 Å². The van der Waals surface area contributed by atoms with E-state index in [0.717, 1.165) is 10.7 Å². The Kier molecular flexibility index (Phi) is 2.56. The van der Waals surface area contributed by atoms with E-state index in [2.05, 4.69) is 35.6 Å². The average Bonchev–Trinajstić information content (AvgIpc) is 3.15. The maximum Gasteiger partial charge on any atom is 0.0627 e. The first kappa shape index (κ1) is 10.7. The molecular formula is C15H14ClN. The maximum absolute atomic E-state index is 5.89. The molecule has 2 aromatic rings. The van der Waals surface area contributed by atoms with Gasteiger partial charge >= 0.3 is 0 Å². The standard InChI is InChI=1S/C15H14ClN/c16-13-6-8-14(9-7-13)17-15(10-11-15)12-4-2-1-3-5-12/h1-9,17H,10-11H2. The van der Waals surface area contributed by atoms with E-state index >= 15 is 0 Å². The molecule has 3 rings (SSSR count). The molecule has 2 aromatic carbocycles. The molecule has 1 aliphatic carbocycles. The monoisotopic (exact) mass is 243 g/mol. The largest absolute Gasteiger partial charge is 0.376 e. The highest BCUT2D eigenvalue weighted by molar-refractivity contribution is 6.30. The summed E-state index contributed by atoms with van der Waals surface area (Å²) in [5.41, 5.74) is 2.65. The topological polar surface area (TPSA) is 12.0 Å². The predicted octanol–water partition coefficient (Wildman–Crippen LogP) is 4.44. The minimum atomic E-state index is 0.148. The van der Waals surface area contributed by atoms with Crippen LogP contribution < -0.4 is 5.32 Å². The fraction of sp³-hybridized carbons (Fsp3) is 0.200. The number of rotatable bonds is 3. The van der Waals surface area contributed by atoms with E-state index in [4.69, 9.17) is 11.6 Å². The molecule has 0 spiro atoms. The Morgan fingerprint density at radius 2 is 1.53 bits per heavy atom. The van der Waals surface area contributed by atoms with Gasteiger partial charge < -0.3 is 5.32 Å². The summed E-state index contributed by atoms with van der Waals surface area (Å²) in [6.07, 6.45) is 2.39. The van der Waals surface area contributed by atoms with Crippen LogP contribution in [0.3, 0.4) is 0 Å². The second-order valence-corrected chi connectivity index (χ2v) is 5.02. The van der Waals surface area contributed by atoms with Crippen LogP contribution in [0.25, 0.3) is 0 Å². The molecule has 0 amide bonds. The summed E-state index contributed by atoms with van der Waals surface area (Å²) < 4.78 is 0. The molecular weight excluding hydrogens is 230 g/mol. The maximum atomic E-state index is 5.89. The van der Waals surface area contributed by atoms with Crippen LogP contribution in [0.5, 0.6) is 0 Å². The highest BCUT2D eigenvalue weighted by Gasteiger charge is 2.44. The van der Waals surface area contributed by atoms with Crippen molar-refractivity contribution in [3.8, 4) is 0 Å². The number of nitrogens with one attached hydrogen (secondary N) is 1. The smallest absolute Gasteiger partial charge is 0.0627 e. The fourth-order valence-electron chi connectivity index (χ4n) is 2.18. The van der Waals surface area contributed by atoms with Gasteiger partial charge in [0.25, 0.3) is 0 Å². The van der Waals surface area contributed by atoms with Gasteiger partial charge in [-0.25, -0.2) is 0 Å². The first-order chi connectivity index (χ1) is 8.28. The summed E-state index contributed by atoms with van der Waals surface area (Å²) in [6.45, 7) is 0. The molecule has 1 nitrogen and oxygen atoms in total. The minimum Gasteiger partial charge on any atom is -0.376 e. The van der Waals surface area contributed by atoms with E-state index in [9.17, 15) is 0 Å². The Labute approximate surface area is 106 Å². The van der Waals surface area contributed by atoms with Gasteiger partial charge in [-0.3, -0.25) is 0 Å². The zero-order valence-corrected chi connectivity index (χ0v) is 10.2. The molecule has 17 heavy (non-hydrogen) atoms. The van der Waals surface area contributed by atoms with E-state index in [0.29, 0.717) is 0 Å². The van der Waals surface area contributed by atoms with Crippen LogP contribution in [0.15, 0.2) is 54.6 Å². The SMILES string of the molecule is Clc1ccc(NC2(c3ccccc3)CC2)cc1. The third-order valence-corrected chi connectivity index (χ3v) is 3.56. The quantitative estimate of drug-likeness (QED) is 0.840. The summed E-state index contributed by atoms with van der Waals surface area (Å²) in [7, 11) is 0. The lowest BCUT2D eigenvalue weighted by Gasteiger charge is -2.19. The molecule has 2 heteroatoms. The van der Waals surface area contributed by atoms with Gasteiger partial charge in [-0.2, -0.15) is 0 Å². The van der Waals surface area contributed by atoms with Crippen molar-refractivity contribution in [2.45, 2.75) is 18.4 Å². The lowest BCUT2D eigenvalue weighted by atomic mass is 10.0. The molecule has 0 atom stereocenters. The van der Waals surface area contributed by atoms with Crippen molar-refractivity contribution in [1.29, 1.82) is 0 Å². The molecule has 0 heterocycles. The molecule has 0 aromatic heterocycles. The molecule has 86 valence electrons. The van der Waals surface area contributed by atoms with Gasteiger partial charge in [-0.15, -0.1) is 0 Å². The van der Waals surface area contributed by atoms with E-state index in [-0.39, 0.29) is 5.54 Å². The van der Waals surface area contributed by atoms with Crippen molar-refractivity contribution < 1.29 is 0 Å². The molecule has 0 bridgehead atoms. The van der Waals surface area contributed by atoms with E-state index in [1.807, 2.05) is 24.3 Å². The van der Waals surface area contributed by atoms with E-state index < -0.39 is 0 Å². The summed E-state index contributed by atoms with van der Waals surface area (Å²) in [5.74, 6) is 0. The van der Waals surface area contributed by atoms with Crippen LogP contribution in [-0.2, 0) is 5.54 Å². The third kappa shape index (κ3) is 2.16. The number of halogens is 1. The van der Waals surface area contributed by atoms with Gasteiger partial charge in [-0.05, 0) is 42.7 Å². The summed E-state index contributed by atoms with van der Waals surface area (Å²) >= 11 is 5.89. The lowest BCUT2D eigenvalue weighted by Crippen LogP contribution is -2.18. The average molecular weight is 244 g/mol. The first-order valence-electron chi connectivity index (χ1n) is 5.88. The molecule has 0 saturated heterocycles. The van der Waals surface area contributed by atoms with Crippen LogP contribution in [-0.4, -0.2) is 0 Å². The van der Waals surface area contributed by atoms with Crippen LogP contribution in [0.2, 0.25) is 5.02 Å². The molecule has 0 aliphatic heterocycles. The fourth-order valence-corrected chi connectivity index (χ4v) is 2.30. The highest BCUT2D eigenvalue weighted by Crippen LogP contribution is 2.48. The van der Waals surface area contributed by atoms with Crippen molar-refractivity contribution >= 4 is 17.3 Å². The van der Waals surface area contributed by atoms with Crippen LogP contribution >= 0.6 is 11.6 Å².